The first kappa shape index (κ1) is 24.6. The number of rotatable bonds is 14. The summed E-state index contributed by atoms with van der Waals surface area (Å²) in [4.78, 5) is 2.24. The standard InChI is InChI=1S/C25H46N2O2/c1-5-6-9-19(2)14-22(28)10-11-23-24-16-20(15-21(24)17-25(23)29)18-26-12-7-8-13-27(3)4/h10-11,15,19,21-26,28-29H,5-9,12-14,16-18H2,1-4H3/t19-,21-,22+,23+,24-,25+/m0/s1. The number of fused-ring (bicyclic) bond motifs is 1. The Kier molecular flexibility index (Phi) is 10.9. The van der Waals surface area contributed by atoms with Crippen molar-refractivity contribution in [3.8, 4) is 0 Å². The van der Waals surface area contributed by atoms with Gasteiger partial charge in [0, 0.05) is 12.5 Å². The number of nitrogens with zero attached hydrogens (tertiary/aromatic N) is 1. The van der Waals surface area contributed by atoms with Crippen LogP contribution < -0.4 is 5.32 Å². The maximum Gasteiger partial charge on any atom is 0.0723 e. The number of nitrogens with one attached hydrogen (secondary N) is 1. The Morgan fingerprint density at radius 3 is 2.79 bits per heavy atom. The summed E-state index contributed by atoms with van der Waals surface area (Å²) in [5.74, 6) is 1.76. The van der Waals surface area contributed by atoms with Crippen molar-refractivity contribution in [2.24, 2.45) is 23.7 Å². The summed E-state index contributed by atoms with van der Waals surface area (Å²) < 4.78 is 0. The second-order valence-corrected chi connectivity index (χ2v) is 9.86. The van der Waals surface area contributed by atoms with Gasteiger partial charge in [-0.15, -0.1) is 0 Å². The van der Waals surface area contributed by atoms with E-state index in [1.54, 1.807) is 0 Å². The van der Waals surface area contributed by atoms with Crippen LogP contribution >= 0.6 is 0 Å². The monoisotopic (exact) mass is 406 g/mol. The van der Waals surface area contributed by atoms with Gasteiger partial charge < -0.3 is 20.4 Å². The molecule has 0 heterocycles. The molecule has 168 valence electrons. The van der Waals surface area contributed by atoms with E-state index in [0.29, 0.717) is 17.8 Å². The molecular weight excluding hydrogens is 360 g/mol. The summed E-state index contributed by atoms with van der Waals surface area (Å²) in [6.45, 7) is 7.66. The van der Waals surface area contributed by atoms with Crippen molar-refractivity contribution in [1.29, 1.82) is 0 Å². The molecule has 2 aliphatic rings. The van der Waals surface area contributed by atoms with Crippen molar-refractivity contribution in [1.82, 2.24) is 10.2 Å². The zero-order valence-electron chi connectivity index (χ0n) is 19.3. The van der Waals surface area contributed by atoms with Gasteiger partial charge in [-0.1, -0.05) is 56.9 Å². The van der Waals surface area contributed by atoms with Crippen molar-refractivity contribution in [2.75, 3.05) is 33.7 Å². The lowest BCUT2D eigenvalue weighted by Gasteiger charge is -2.19. The van der Waals surface area contributed by atoms with Gasteiger partial charge in [-0.05, 0) is 77.0 Å². The van der Waals surface area contributed by atoms with E-state index in [1.165, 1.54) is 37.7 Å². The van der Waals surface area contributed by atoms with Crippen LogP contribution in [-0.2, 0) is 0 Å². The molecule has 0 aromatic carbocycles. The molecule has 0 bridgehead atoms. The van der Waals surface area contributed by atoms with Crippen LogP contribution in [0.5, 0.6) is 0 Å². The molecule has 1 saturated carbocycles. The van der Waals surface area contributed by atoms with Crippen molar-refractivity contribution in [2.45, 2.75) is 77.4 Å². The Hall–Kier alpha value is -0.680. The molecule has 0 spiro atoms. The highest BCUT2D eigenvalue weighted by atomic mass is 16.3. The molecular formula is C25H46N2O2. The fourth-order valence-corrected chi connectivity index (χ4v) is 5.08. The molecule has 0 aromatic heterocycles. The first-order valence-electron chi connectivity index (χ1n) is 12.0. The van der Waals surface area contributed by atoms with Crippen LogP contribution in [-0.4, -0.2) is 61.1 Å². The molecule has 0 amide bonds. The van der Waals surface area contributed by atoms with E-state index in [0.717, 1.165) is 38.9 Å². The highest BCUT2D eigenvalue weighted by Crippen LogP contribution is 2.47. The van der Waals surface area contributed by atoms with Crippen LogP contribution in [0.25, 0.3) is 0 Å². The van der Waals surface area contributed by atoms with Crippen molar-refractivity contribution < 1.29 is 10.2 Å². The van der Waals surface area contributed by atoms with Crippen LogP contribution in [0.1, 0.15) is 65.2 Å². The lowest BCUT2D eigenvalue weighted by atomic mass is 9.88. The summed E-state index contributed by atoms with van der Waals surface area (Å²) in [5.41, 5.74) is 1.51. The number of aliphatic hydroxyl groups is 2. The van der Waals surface area contributed by atoms with E-state index >= 15 is 0 Å². The van der Waals surface area contributed by atoms with Crippen molar-refractivity contribution >= 4 is 0 Å². The molecule has 0 aromatic rings. The van der Waals surface area contributed by atoms with E-state index in [-0.39, 0.29) is 18.1 Å². The molecule has 0 saturated heterocycles. The molecule has 2 rings (SSSR count). The fourth-order valence-electron chi connectivity index (χ4n) is 5.08. The van der Waals surface area contributed by atoms with Gasteiger partial charge in [-0.3, -0.25) is 0 Å². The lowest BCUT2D eigenvalue weighted by Crippen LogP contribution is -2.22. The number of hydrogen-bond donors (Lipinski definition) is 3. The van der Waals surface area contributed by atoms with Gasteiger partial charge in [0.2, 0.25) is 0 Å². The molecule has 29 heavy (non-hydrogen) atoms. The van der Waals surface area contributed by atoms with Crippen LogP contribution in [0.15, 0.2) is 23.8 Å². The highest BCUT2D eigenvalue weighted by molar-refractivity contribution is 5.21. The predicted octanol–water partition coefficient (Wildman–Crippen LogP) is 3.99. The van der Waals surface area contributed by atoms with Gasteiger partial charge in [-0.2, -0.15) is 0 Å². The normalized spacial score (nSPS) is 28.9. The Bertz CT molecular complexity index is 517. The average molecular weight is 407 g/mol. The largest absolute Gasteiger partial charge is 0.392 e. The topological polar surface area (TPSA) is 55.7 Å². The van der Waals surface area contributed by atoms with Gasteiger partial charge in [0.1, 0.15) is 0 Å². The Labute approximate surface area is 179 Å². The molecule has 0 radical (unpaired) electrons. The Morgan fingerprint density at radius 1 is 1.28 bits per heavy atom. The Balaban J connectivity index is 1.72. The molecule has 4 nitrogen and oxygen atoms in total. The molecule has 0 unspecified atom stereocenters. The maximum atomic E-state index is 10.5. The van der Waals surface area contributed by atoms with Crippen LogP contribution in [0.3, 0.4) is 0 Å². The molecule has 2 aliphatic carbocycles. The lowest BCUT2D eigenvalue weighted by molar-refractivity contribution is 0.139. The van der Waals surface area contributed by atoms with Crippen LogP contribution in [0.2, 0.25) is 0 Å². The van der Waals surface area contributed by atoms with Gasteiger partial charge in [0.25, 0.3) is 0 Å². The molecule has 4 heteroatoms. The minimum Gasteiger partial charge on any atom is -0.392 e. The summed E-state index contributed by atoms with van der Waals surface area (Å²) in [5, 5.41) is 24.5. The molecule has 3 N–H and O–H groups in total. The van der Waals surface area contributed by atoms with E-state index < -0.39 is 0 Å². The molecule has 6 atom stereocenters. The van der Waals surface area contributed by atoms with Crippen molar-refractivity contribution in [3.63, 3.8) is 0 Å². The van der Waals surface area contributed by atoms with Crippen LogP contribution in [0.4, 0.5) is 0 Å². The van der Waals surface area contributed by atoms with Gasteiger partial charge in [0.05, 0.1) is 12.2 Å². The smallest absolute Gasteiger partial charge is 0.0723 e. The number of unbranched alkanes of at least 4 members (excludes halogenated alkanes) is 2. The fraction of sp³-hybridized carbons (Fsp3) is 0.840. The second kappa shape index (κ2) is 12.9. The van der Waals surface area contributed by atoms with Gasteiger partial charge in [0.15, 0.2) is 0 Å². The third kappa shape index (κ3) is 8.53. The third-order valence-corrected chi connectivity index (χ3v) is 6.76. The second-order valence-electron chi connectivity index (χ2n) is 9.86. The highest BCUT2D eigenvalue weighted by Gasteiger charge is 2.43. The first-order chi connectivity index (χ1) is 13.9. The van der Waals surface area contributed by atoms with Crippen LogP contribution in [0, 0.1) is 23.7 Å². The maximum absolute atomic E-state index is 10.5. The third-order valence-electron chi connectivity index (χ3n) is 6.76. The summed E-state index contributed by atoms with van der Waals surface area (Å²) in [6, 6.07) is 0. The van der Waals surface area contributed by atoms with Crippen molar-refractivity contribution in [3.05, 3.63) is 23.8 Å². The molecule has 0 aliphatic heterocycles. The van der Waals surface area contributed by atoms with E-state index in [9.17, 15) is 10.2 Å². The number of hydrogen-bond acceptors (Lipinski definition) is 4. The van der Waals surface area contributed by atoms with Gasteiger partial charge in [-0.25, -0.2) is 0 Å². The molecule has 1 fully saturated rings. The number of allylic oxidation sites excluding steroid dienone is 1. The summed E-state index contributed by atoms with van der Waals surface area (Å²) in [7, 11) is 4.25. The van der Waals surface area contributed by atoms with E-state index in [2.05, 4.69) is 50.3 Å². The van der Waals surface area contributed by atoms with E-state index in [4.69, 9.17) is 0 Å². The first-order valence-corrected chi connectivity index (χ1v) is 12.0. The quantitative estimate of drug-likeness (QED) is 0.301. The minimum absolute atomic E-state index is 0.189. The minimum atomic E-state index is -0.384. The number of aliphatic hydroxyl groups excluding tert-OH is 2. The Morgan fingerprint density at radius 2 is 2.07 bits per heavy atom. The SMILES string of the molecule is CCCC[C@H](C)C[C@H](O)C=C[C@@H]1[C@H]2CC(CNCCCCN(C)C)=C[C@H]2C[C@H]1O. The van der Waals surface area contributed by atoms with E-state index in [1.807, 2.05) is 6.08 Å². The zero-order chi connectivity index (χ0) is 21.2. The predicted molar refractivity (Wildman–Crippen MR) is 123 cm³/mol. The average Bonchev–Trinajstić information content (AvgIpc) is 3.17. The summed E-state index contributed by atoms with van der Waals surface area (Å²) >= 11 is 0. The summed E-state index contributed by atoms with van der Waals surface area (Å²) in [6.07, 6.45) is 14.7. The zero-order valence-corrected chi connectivity index (χ0v) is 19.3. The van der Waals surface area contributed by atoms with Gasteiger partial charge >= 0.3 is 0 Å².